The number of nitrogens with one attached hydrogen (secondary N) is 1. The van der Waals surface area contributed by atoms with Crippen LogP contribution in [0.25, 0.3) is 6.08 Å². The molecule has 1 fully saturated rings. The molecule has 1 aliphatic heterocycles. The molecule has 0 bridgehead atoms. The molecule has 1 aliphatic rings. The van der Waals surface area contributed by atoms with Crippen molar-refractivity contribution in [3.05, 3.63) is 65.2 Å². The number of benzene rings is 2. The summed E-state index contributed by atoms with van der Waals surface area (Å²) in [6, 6.07) is 13.3. The molecule has 0 spiro atoms. The Morgan fingerprint density at radius 2 is 2.00 bits per heavy atom. The first-order chi connectivity index (χ1) is 15.5. The van der Waals surface area contributed by atoms with Crippen LogP contribution in [0, 0.1) is 13.8 Å². The third-order valence-electron chi connectivity index (χ3n) is 5.60. The van der Waals surface area contributed by atoms with Crippen molar-refractivity contribution in [3.63, 3.8) is 0 Å². The van der Waals surface area contributed by atoms with Gasteiger partial charge in [0, 0.05) is 30.5 Å². The van der Waals surface area contributed by atoms with Gasteiger partial charge in [0.25, 0.3) is 0 Å². The van der Waals surface area contributed by atoms with Crippen LogP contribution in [0.2, 0.25) is 0 Å². The Kier molecular flexibility index (Phi) is 8.45. The van der Waals surface area contributed by atoms with E-state index < -0.39 is 0 Å². The van der Waals surface area contributed by atoms with E-state index in [4.69, 9.17) is 9.47 Å². The van der Waals surface area contributed by atoms with Gasteiger partial charge in [-0.05, 0) is 62.9 Å². The number of amides is 2. The molecule has 170 valence electrons. The number of carbonyl (C=O) groups excluding carboxylic acids is 2. The van der Waals surface area contributed by atoms with Crippen LogP contribution in [-0.4, -0.2) is 49.1 Å². The summed E-state index contributed by atoms with van der Waals surface area (Å²) in [6.45, 7) is 7.48. The van der Waals surface area contributed by atoms with Gasteiger partial charge in [-0.25, -0.2) is 0 Å². The fourth-order valence-electron chi connectivity index (χ4n) is 3.69. The Bertz CT molecular complexity index is 964. The summed E-state index contributed by atoms with van der Waals surface area (Å²) in [4.78, 5) is 27.4. The van der Waals surface area contributed by atoms with Crippen LogP contribution in [0.15, 0.2) is 48.5 Å². The van der Waals surface area contributed by atoms with Gasteiger partial charge in [-0.3, -0.25) is 9.59 Å². The molecule has 0 radical (unpaired) electrons. The predicted molar refractivity (Wildman–Crippen MR) is 127 cm³/mol. The Morgan fingerprint density at radius 3 is 2.75 bits per heavy atom. The van der Waals surface area contributed by atoms with Gasteiger partial charge in [0.1, 0.15) is 12.3 Å². The predicted octanol–water partition coefficient (Wildman–Crippen LogP) is 4.36. The zero-order valence-corrected chi connectivity index (χ0v) is 19.1. The molecule has 0 saturated carbocycles. The highest BCUT2D eigenvalue weighted by Crippen LogP contribution is 2.21. The minimum Gasteiger partial charge on any atom is -0.493 e. The van der Waals surface area contributed by atoms with Crippen molar-refractivity contribution in [1.29, 1.82) is 0 Å². The number of carbonyl (C=O) groups is 2. The molecule has 6 nitrogen and oxygen atoms in total. The van der Waals surface area contributed by atoms with Gasteiger partial charge in [-0.2, -0.15) is 0 Å². The van der Waals surface area contributed by atoms with Crippen LogP contribution in [0.1, 0.15) is 36.5 Å². The topological polar surface area (TPSA) is 67.9 Å². The summed E-state index contributed by atoms with van der Waals surface area (Å²) in [5.41, 5.74) is 3.71. The maximum Gasteiger partial charge on any atom is 0.247 e. The standard InChI is InChI=1S/C26H32N2O4/c1-4-31-24-13-6-5-10-21(24)14-15-26(30)28(17-22-11-8-16-32-22)18-25(29)27-23-12-7-9-19(2)20(23)3/h5-7,9-10,12-15,22H,4,8,11,16-18H2,1-3H3,(H,27,29)/b15-14+. The van der Waals surface area contributed by atoms with E-state index in [9.17, 15) is 9.59 Å². The number of ether oxygens (including phenoxy) is 2. The first-order valence-corrected chi connectivity index (χ1v) is 11.1. The molecule has 6 heteroatoms. The highest BCUT2D eigenvalue weighted by molar-refractivity contribution is 5.98. The van der Waals surface area contributed by atoms with Gasteiger partial charge < -0.3 is 19.7 Å². The maximum atomic E-state index is 13.0. The van der Waals surface area contributed by atoms with Crippen molar-refractivity contribution in [2.24, 2.45) is 0 Å². The first kappa shape index (κ1) is 23.5. The molecule has 3 rings (SSSR count). The number of rotatable bonds is 9. The molecule has 1 saturated heterocycles. The highest BCUT2D eigenvalue weighted by atomic mass is 16.5. The van der Waals surface area contributed by atoms with E-state index in [1.165, 1.54) is 6.08 Å². The zero-order valence-electron chi connectivity index (χ0n) is 19.1. The third kappa shape index (κ3) is 6.44. The summed E-state index contributed by atoms with van der Waals surface area (Å²) in [6.07, 6.45) is 5.05. The first-order valence-electron chi connectivity index (χ1n) is 11.1. The molecule has 0 aliphatic carbocycles. The largest absolute Gasteiger partial charge is 0.493 e. The zero-order chi connectivity index (χ0) is 22.9. The van der Waals surface area contributed by atoms with Crippen LogP contribution < -0.4 is 10.1 Å². The smallest absolute Gasteiger partial charge is 0.247 e. The monoisotopic (exact) mass is 436 g/mol. The second-order valence-corrected chi connectivity index (χ2v) is 7.95. The Labute approximate surface area is 190 Å². The average Bonchev–Trinajstić information content (AvgIpc) is 3.29. The lowest BCUT2D eigenvalue weighted by molar-refractivity contribution is -0.131. The van der Waals surface area contributed by atoms with Crippen molar-refractivity contribution in [3.8, 4) is 5.75 Å². The molecule has 1 unspecified atom stereocenters. The number of nitrogens with zero attached hydrogens (tertiary/aromatic N) is 1. The highest BCUT2D eigenvalue weighted by Gasteiger charge is 2.23. The van der Waals surface area contributed by atoms with E-state index in [2.05, 4.69) is 5.32 Å². The Hall–Kier alpha value is -3.12. The van der Waals surface area contributed by atoms with Crippen LogP contribution in [0.5, 0.6) is 5.75 Å². The SMILES string of the molecule is CCOc1ccccc1/C=C/C(=O)N(CC(=O)Nc1cccc(C)c1C)CC1CCCO1. The second-order valence-electron chi connectivity index (χ2n) is 7.95. The number of aryl methyl sites for hydroxylation is 1. The Balaban J connectivity index is 1.72. The summed E-state index contributed by atoms with van der Waals surface area (Å²) >= 11 is 0. The minimum absolute atomic E-state index is 0.0382. The van der Waals surface area contributed by atoms with E-state index in [0.717, 1.165) is 41.0 Å². The van der Waals surface area contributed by atoms with Crippen molar-refractivity contribution in [2.45, 2.75) is 39.7 Å². The molecular formula is C26H32N2O4. The van der Waals surface area contributed by atoms with E-state index in [1.807, 2.05) is 63.2 Å². The fraction of sp³-hybridized carbons (Fsp3) is 0.385. The van der Waals surface area contributed by atoms with Crippen LogP contribution in [0.4, 0.5) is 5.69 Å². The van der Waals surface area contributed by atoms with E-state index in [1.54, 1.807) is 11.0 Å². The fourth-order valence-corrected chi connectivity index (χ4v) is 3.69. The van der Waals surface area contributed by atoms with E-state index in [0.29, 0.717) is 19.8 Å². The van der Waals surface area contributed by atoms with Gasteiger partial charge in [-0.15, -0.1) is 0 Å². The summed E-state index contributed by atoms with van der Waals surface area (Å²) < 4.78 is 11.3. The van der Waals surface area contributed by atoms with Gasteiger partial charge in [0.2, 0.25) is 11.8 Å². The molecule has 1 atom stereocenters. The minimum atomic E-state index is -0.233. The Morgan fingerprint density at radius 1 is 1.19 bits per heavy atom. The van der Waals surface area contributed by atoms with Crippen molar-refractivity contribution in [1.82, 2.24) is 4.90 Å². The molecule has 0 aromatic heterocycles. The summed E-state index contributed by atoms with van der Waals surface area (Å²) in [5, 5.41) is 2.94. The number of hydrogen-bond donors (Lipinski definition) is 1. The molecule has 2 aromatic rings. The summed E-state index contributed by atoms with van der Waals surface area (Å²) in [7, 11) is 0. The maximum absolute atomic E-state index is 13.0. The average molecular weight is 437 g/mol. The second kappa shape index (κ2) is 11.5. The summed E-state index contributed by atoms with van der Waals surface area (Å²) in [5.74, 6) is 0.258. The molecule has 1 N–H and O–H groups in total. The molecule has 2 aromatic carbocycles. The lowest BCUT2D eigenvalue weighted by Crippen LogP contribution is -2.41. The number of anilines is 1. The van der Waals surface area contributed by atoms with Gasteiger partial charge in [0.15, 0.2) is 0 Å². The molecule has 2 amide bonds. The number of para-hydroxylation sites is 1. The van der Waals surface area contributed by atoms with Crippen LogP contribution in [0.3, 0.4) is 0 Å². The normalized spacial score (nSPS) is 15.7. The van der Waals surface area contributed by atoms with E-state index >= 15 is 0 Å². The van der Waals surface area contributed by atoms with Crippen LogP contribution >= 0.6 is 0 Å². The van der Waals surface area contributed by atoms with Crippen molar-refractivity contribution >= 4 is 23.6 Å². The quantitative estimate of drug-likeness (QED) is 0.593. The molecular weight excluding hydrogens is 404 g/mol. The van der Waals surface area contributed by atoms with Crippen molar-refractivity contribution in [2.75, 3.05) is 31.6 Å². The van der Waals surface area contributed by atoms with Crippen molar-refractivity contribution < 1.29 is 19.1 Å². The molecule has 32 heavy (non-hydrogen) atoms. The third-order valence-corrected chi connectivity index (χ3v) is 5.60. The van der Waals surface area contributed by atoms with Crippen LogP contribution in [-0.2, 0) is 14.3 Å². The van der Waals surface area contributed by atoms with E-state index in [-0.39, 0.29) is 24.5 Å². The number of hydrogen-bond acceptors (Lipinski definition) is 4. The lowest BCUT2D eigenvalue weighted by atomic mass is 10.1. The van der Waals surface area contributed by atoms with Gasteiger partial charge >= 0.3 is 0 Å². The van der Waals surface area contributed by atoms with Gasteiger partial charge in [-0.1, -0.05) is 30.3 Å². The van der Waals surface area contributed by atoms with Gasteiger partial charge in [0.05, 0.1) is 12.7 Å². The lowest BCUT2D eigenvalue weighted by Gasteiger charge is -2.24. The molecule has 1 heterocycles.